The molecule has 0 saturated heterocycles. The van der Waals surface area contributed by atoms with E-state index in [1.165, 1.54) is 0 Å². The summed E-state index contributed by atoms with van der Waals surface area (Å²) >= 11 is 0. The van der Waals surface area contributed by atoms with Gasteiger partial charge in [-0.15, -0.1) is 13.2 Å². The van der Waals surface area contributed by atoms with Gasteiger partial charge >= 0.3 is 12.9 Å². The van der Waals surface area contributed by atoms with Crippen molar-refractivity contribution in [1.82, 2.24) is 0 Å². The van der Waals surface area contributed by atoms with Crippen LogP contribution in [-0.2, 0) is 4.74 Å². The summed E-state index contributed by atoms with van der Waals surface area (Å²) in [6.45, 7) is -1.00. The Morgan fingerprint density at radius 1 is 1.44 bits per heavy atom. The first-order chi connectivity index (χ1) is 4.06. The molecule has 9 heavy (non-hydrogen) atoms. The van der Waals surface area contributed by atoms with Crippen molar-refractivity contribution in [2.45, 2.75) is 6.36 Å². The third-order valence-corrected chi connectivity index (χ3v) is 0.457. The Morgan fingerprint density at radius 2 is 2.00 bits per heavy atom. The van der Waals surface area contributed by atoms with Crippen molar-refractivity contribution in [3.05, 3.63) is 4.98 Å². The minimum absolute atomic E-state index is 0.362. The highest BCUT2D eigenvalue weighted by Gasteiger charge is 2.29. The van der Waals surface area contributed by atoms with Crippen LogP contribution >= 0.6 is 0 Å². The summed E-state index contributed by atoms with van der Waals surface area (Å²) in [5.74, 6) is 0. The first-order valence-corrected chi connectivity index (χ1v) is 2.08. The van der Waals surface area contributed by atoms with Crippen LogP contribution in [0.4, 0.5) is 13.2 Å². The Hall–Kier alpha value is -0.830. The molecule has 0 bridgehead atoms. The minimum atomic E-state index is -4.62. The molecule has 0 aromatic heterocycles. The van der Waals surface area contributed by atoms with E-state index < -0.39 is 13.0 Å². The van der Waals surface area contributed by atoms with Crippen LogP contribution in [0.1, 0.15) is 0 Å². The number of hydrogen-bond acceptors (Lipinski definition) is 2. The molecule has 0 heterocycles. The highest BCUT2D eigenvalue weighted by molar-refractivity contribution is 4.50. The SMILES string of the molecule is N#[N+]CCOC(F)(F)F. The van der Waals surface area contributed by atoms with Gasteiger partial charge in [0.15, 0.2) is 0 Å². The van der Waals surface area contributed by atoms with Gasteiger partial charge in [0, 0.05) is 0 Å². The van der Waals surface area contributed by atoms with E-state index in [0.717, 1.165) is 0 Å². The van der Waals surface area contributed by atoms with Gasteiger partial charge in [0.05, 0.1) is 0 Å². The number of halogens is 3. The van der Waals surface area contributed by atoms with Crippen LogP contribution in [0.2, 0.25) is 0 Å². The quantitative estimate of drug-likeness (QED) is 0.430. The molecule has 0 fully saturated rings. The molecule has 0 unspecified atom stereocenters. The van der Waals surface area contributed by atoms with Gasteiger partial charge in [-0.2, -0.15) is 0 Å². The Kier molecular flexibility index (Phi) is 2.95. The zero-order valence-electron chi connectivity index (χ0n) is 4.35. The predicted molar refractivity (Wildman–Crippen MR) is 22.0 cm³/mol. The first-order valence-electron chi connectivity index (χ1n) is 2.08. The molecule has 0 amide bonds. The molecule has 0 aromatic rings. The second kappa shape index (κ2) is 3.25. The lowest BCUT2D eigenvalue weighted by Gasteiger charge is -2.00. The van der Waals surface area contributed by atoms with E-state index in [9.17, 15) is 13.2 Å². The molecule has 0 radical (unpaired) electrons. The van der Waals surface area contributed by atoms with Crippen LogP contribution in [0.3, 0.4) is 0 Å². The molecule has 0 aliphatic carbocycles. The average Bonchev–Trinajstić information content (AvgIpc) is 1.63. The summed E-state index contributed by atoms with van der Waals surface area (Å²) in [7, 11) is 0. The van der Waals surface area contributed by atoms with Gasteiger partial charge in [0.2, 0.25) is 5.39 Å². The number of diazo groups is 1. The van der Waals surface area contributed by atoms with Gasteiger partial charge < -0.3 is 0 Å². The molecule has 0 aromatic carbocycles. The number of rotatable bonds is 2. The van der Waals surface area contributed by atoms with Crippen molar-refractivity contribution in [3.8, 4) is 0 Å². The summed E-state index contributed by atoms with van der Waals surface area (Å²) in [4.78, 5) is 2.41. The van der Waals surface area contributed by atoms with Gasteiger partial charge in [0.25, 0.3) is 0 Å². The van der Waals surface area contributed by atoms with Gasteiger partial charge in [-0.1, -0.05) is 0 Å². The lowest BCUT2D eigenvalue weighted by Crippen LogP contribution is -2.14. The van der Waals surface area contributed by atoms with E-state index in [1.54, 1.807) is 0 Å². The number of ether oxygens (including phenoxy) is 1. The molecule has 52 valence electrons. The van der Waals surface area contributed by atoms with E-state index in [0.29, 0.717) is 0 Å². The van der Waals surface area contributed by atoms with E-state index in [1.807, 2.05) is 0 Å². The molecule has 0 aliphatic rings. The summed E-state index contributed by atoms with van der Waals surface area (Å²) in [5, 5.41) is 7.64. The maximum Gasteiger partial charge on any atom is 0.522 e. The standard InChI is InChI=1S/C3H4F3N2O/c4-3(5,6)9-2-1-8-7/h1-2H2/q+1. The van der Waals surface area contributed by atoms with E-state index in [4.69, 9.17) is 5.39 Å². The van der Waals surface area contributed by atoms with Crippen LogP contribution in [0.15, 0.2) is 0 Å². The third-order valence-electron chi connectivity index (χ3n) is 0.457. The molecule has 6 heteroatoms. The van der Waals surface area contributed by atoms with E-state index in [2.05, 4.69) is 9.71 Å². The molecule has 0 spiro atoms. The number of alkyl halides is 3. The van der Waals surface area contributed by atoms with E-state index in [-0.39, 0.29) is 6.54 Å². The molecule has 0 N–H and O–H groups in total. The largest absolute Gasteiger partial charge is 0.522 e. The van der Waals surface area contributed by atoms with Crippen LogP contribution < -0.4 is 0 Å². The molecular weight excluding hydrogens is 137 g/mol. The predicted octanol–water partition coefficient (Wildman–Crippen LogP) is 1.38. The van der Waals surface area contributed by atoms with Crippen molar-refractivity contribution in [2.24, 2.45) is 0 Å². The van der Waals surface area contributed by atoms with Crippen molar-refractivity contribution in [2.75, 3.05) is 13.2 Å². The van der Waals surface area contributed by atoms with Crippen LogP contribution in [-0.4, -0.2) is 19.5 Å². The molecular formula is C3H4F3N2O+. The van der Waals surface area contributed by atoms with Crippen LogP contribution in [0.5, 0.6) is 0 Å². The van der Waals surface area contributed by atoms with Gasteiger partial charge in [-0.25, -0.2) is 0 Å². The Bertz CT molecular complexity index is 115. The maximum atomic E-state index is 11.0. The fraction of sp³-hybridized carbons (Fsp3) is 1.00. The average molecular weight is 141 g/mol. The number of hydrogen-bond donors (Lipinski definition) is 0. The normalized spacial score (nSPS) is 10.9. The van der Waals surface area contributed by atoms with E-state index >= 15 is 0 Å². The van der Waals surface area contributed by atoms with Crippen molar-refractivity contribution >= 4 is 0 Å². The van der Waals surface area contributed by atoms with Crippen LogP contribution in [0.25, 0.3) is 4.98 Å². The van der Waals surface area contributed by atoms with Gasteiger partial charge in [-0.3, -0.25) is 4.74 Å². The fourth-order valence-corrected chi connectivity index (χ4v) is 0.202. The summed E-state index contributed by atoms with van der Waals surface area (Å²) in [6, 6.07) is 0. The van der Waals surface area contributed by atoms with Gasteiger partial charge in [0.1, 0.15) is 11.6 Å². The zero-order chi connectivity index (χ0) is 7.33. The van der Waals surface area contributed by atoms with Gasteiger partial charge in [-0.05, 0) is 0 Å². The van der Waals surface area contributed by atoms with Crippen molar-refractivity contribution < 1.29 is 17.9 Å². The third kappa shape index (κ3) is 7.17. The van der Waals surface area contributed by atoms with Crippen molar-refractivity contribution in [3.63, 3.8) is 0 Å². The second-order valence-corrected chi connectivity index (χ2v) is 1.16. The monoisotopic (exact) mass is 141 g/mol. The molecule has 0 saturated carbocycles. The lowest BCUT2D eigenvalue weighted by molar-refractivity contribution is -0.322. The second-order valence-electron chi connectivity index (χ2n) is 1.16. The van der Waals surface area contributed by atoms with Crippen molar-refractivity contribution in [1.29, 1.82) is 5.39 Å². The minimum Gasteiger partial charge on any atom is -0.284 e. The first kappa shape index (κ1) is 8.17. The zero-order valence-corrected chi connectivity index (χ0v) is 4.35. The Balaban J connectivity index is 3.20. The molecule has 3 nitrogen and oxygen atoms in total. The topological polar surface area (TPSA) is 37.4 Å². The number of nitrogens with zero attached hydrogens (tertiary/aromatic N) is 2. The Morgan fingerprint density at radius 3 is 2.33 bits per heavy atom. The summed E-state index contributed by atoms with van der Waals surface area (Å²) < 4.78 is 36.3. The maximum absolute atomic E-state index is 11.0. The lowest BCUT2D eigenvalue weighted by atomic mass is 10.7. The summed E-state index contributed by atoms with van der Waals surface area (Å²) in [6.07, 6.45) is -4.62. The molecule has 0 aliphatic heterocycles. The van der Waals surface area contributed by atoms with Crippen LogP contribution in [0, 0.1) is 5.39 Å². The summed E-state index contributed by atoms with van der Waals surface area (Å²) in [5.41, 5.74) is 0. The highest BCUT2D eigenvalue weighted by atomic mass is 19.4. The molecule has 0 rings (SSSR count). The Labute approximate surface area is 49.0 Å². The molecule has 0 atom stereocenters. The fourth-order valence-electron chi connectivity index (χ4n) is 0.202. The smallest absolute Gasteiger partial charge is 0.284 e. The highest BCUT2D eigenvalue weighted by Crippen LogP contribution is 2.15.